The van der Waals surface area contributed by atoms with E-state index in [4.69, 9.17) is 5.11 Å². The molecule has 3 N–H and O–H groups in total. The van der Waals surface area contributed by atoms with Crippen molar-refractivity contribution in [3.63, 3.8) is 0 Å². The lowest BCUT2D eigenvalue weighted by atomic mass is 9.88. The second kappa shape index (κ2) is 13.1. The number of carboxylic acid groups (broad SMARTS) is 1. The molecule has 3 atom stereocenters. The van der Waals surface area contributed by atoms with E-state index in [2.05, 4.69) is 72.2 Å². The molecule has 6 nitrogen and oxygen atoms in total. The van der Waals surface area contributed by atoms with Gasteiger partial charge >= 0.3 is 12.0 Å². The smallest absolute Gasteiger partial charge is 0.335 e. The summed E-state index contributed by atoms with van der Waals surface area (Å²) in [6.07, 6.45) is 0. The number of amides is 2. The van der Waals surface area contributed by atoms with Gasteiger partial charge in [0.2, 0.25) is 0 Å². The van der Waals surface area contributed by atoms with E-state index in [1.165, 1.54) is 34.0 Å². The molecule has 2 amide bonds. The Morgan fingerprint density at radius 1 is 0.872 bits per heavy atom. The van der Waals surface area contributed by atoms with Crippen LogP contribution in [-0.2, 0) is 0 Å². The molecule has 0 aromatic heterocycles. The lowest BCUT2D eigenvalue weighted by Crippen LogP contribution is -2.34. The molecule has 0 radical (unpaired) electrons. The number of benzene rings is 4. The number of fused-ring (bicyclic) bond motifs is 1. The largest absolute Gasteiger partial charge is 0.478 e. The van der Waals surface area contributed by atoms with Crippen LogP contribution in [0.25, 0.3) is 10.8 Å². The second-order valence-electron chi connectivity index (χ2n) is 9.69. The van der Waals surface area contributed by atoms with Gasteiger partial charge in [-0.15, -0.1) is 0 Å². The fourth-order valence-corrected chi connectivity index (χ4v) is 5.29. The van der Waals surface area contributed by atoms with E-state index in [-0.39, 0.29) is 29.5 Å². The molecule has 0 unspecified atom stereocenters. The number of carbonyl (C=O) groups is 2. The molecule has 0 saturated carbocycles. The van der Waals surface area contributed by atoms with Crippen LogP contribution < -0.4 is 10.6 Å². The van der Waals surface area contributed by atoms with Gasteiger partial charge < -0.3 is 20.6 Å². The fraction of sp³-hybridized carbons (Fsp3) is 0.273. The van der Waals surface area contributed by atoms with Gasteiger partial charge in [0.1, 0.15) is 0 Å². The van der Waals surface area contributed by atoms with Crippen molar-refractivity contribution in [3.8, 4) is 0 Å². The van der Waals surface area contributed by atoms with Crippen molar-refractivity contribution in [1.29, 1.82) is 0 Å². The minimum atomic E-state index is -0.990. The quantitative estimate of drug-likeness (QED) is 0.240. The van der Waals surface area contributed by atoms with Crippen LogP contribution >= 0.6 is 0 Å². The zero-order chi connectivity index (χ0) is 27.8. The Hall–Kier alpha value is -4.16. The summed E-state index contributed by atoms with van der Waals surface area (Å²) in [7, 11) is 0. The number of aromatic carboxylic acids is 1. The molecule has 1 saturated heterocycles. The molecular weight excluding hydrogens is 486 g/mol. The minimum Gasteiger partial charge on any atom is -0.478 e. The molecule has 6 heteroatoms. The van der Waals surface area contributed by atoms with E-state index in [1.807, 2.05) is 36.9 Å². The highest BCUT2D eigenvalue weighted by molar-refractivity contribution is 5.92. The first-order valence-corrected chi connectivity index (χ1v) is 13.6. The van der Waals surface area contributed by atoms with Crippen LogP contribution in [0.4, 0.5) is 10.5 Å². The van der Waals surface area contributed by atoms with Gasteiger partial charge in [0, 0.05) is 37.3 Å². The summed E-state index contributed by atoms with van der Waals surface area (Å²) in [5, 5.41) is 18.3. The molecule has 202 valence electrons. The zero-order valence-electron chi connectivity index (χ0n) is 22.8. The molecule has 4 aromatic rings. The lowest BCUT2D eigenvalue weighted by Gasteiger charge is -2.23. The van der Waals surface area contributed by atoms with Gasteiger partial charge in [-0.3, -0.25) is 0 Å². The number of anilines is 1. The van der Waals surface area contributed by atoms with E-state index in [0.29, 0.717) is 18.8 Å². The van der Waals surface area contributed by atoms with Crippen LogP contribution in [0.3, 0.4) is 0 Å². The van der Waals surface area contributed by atoms with Crippen molar-refractivity contribution in [3.05, 3.63) is 114 Å². The van der Waals surface area contributed by atoms with Crippen LogP contribution in [0.1, 0.15) is 54.2 Å². The first-order chi connectivity index (χ1) is 19.0. The first-order valence-electron chi connectivity index (χ1n) is 13.6. The third-order valence-electron chi connectivity index (χ3n) is 7.32. The summed E-state index contributed by atoms with van der Waals surface area (Å²) in [4.78, 5) is 26.1. The number of nitrogens with one attached hydrogen (secondary N) is 2. The molecule has 1 aliphatic rings. The Morgan fingerprint density at radius 3 is 2.26 bits per heavy atom. The number of likely N-dealkylation sites (tertiary alicyclic amines) is 1. The van der Waals surface area contributed by atoms with Crippen LogP contribution in [0.5, 0.6) is 0 Å². The van der Waals surface area contributed by atoms with Crippen molar-refractivity contribution in [2.45, 2.75) is 32.7 Å². The fourth-order valence-electron chi connectivity index (χ4n) is 5.29. The standard InChI is InChI=1S/C31H31N3O3.C2H6/c1-21(27-13-7-11-22-10-5-6-12-28(22)27)32-18-25-19-34(20-29(25)23-8-3-2-4-9-23)31(37)33-26-16-14-24(15-17-26)30(35)36;1-2/h2-17,21,25,29,32H,18-20H2,1H3,(H,33,37)(H,35,36);1-2H3/t21-,25+,29-;/m1./s1. The maximum absolute atomic E-state index is 13.1. The van der Waals surface area contributed by atoms with Crippen molar-refractivity contribution >= 4 is 28.5 Å². The van der Waals surface area contributed by atoms with Gasteiger partial charge in [0.05, 0.1) is 5.56 Å². The lowest BCUT2D eigenvalue weighted by molar-refractivity contribution is 0.0697. The van der Waals surface area contributed by atoms with E-state index in [1.54, 1.807) is 12.1 Å². The van der Waals surface area contributed by atoms with Gasteiger partial charge in [-0.25, -0.2) is 9.59 Å². The van der Waals surface area contributed by atoms with Gasteiger partial charge in [-0.1, -0.05) is 86.6 Å². The highest BCUT2D eigenvalue weighted by Gasteiger charge is 2.36. The summed E-state index contributed by atoms with van der Waals surface area (Å²) in [5.41, 5.74) is 3.27. The number of rotatable bonds is 7. The van der Waals surface area contributed by atoms with Crippen molar-refractivity contribution < 1.29 is 14.7 Å². The Labute approximate surface area is 230 Å². The summed E-state index contributed by atoms with van der Waals surface area (Å²) >= 11 is 0. The first kappa shape index (κ1) is 27.9. The molecule has 1 heterocycles. The van der Waals surface area contributed by atoms with Crippen LogP contribution in [0.2, 0.25) is 0 Å². The van der Waals surface area contributed by atoms with Crippen LogP contribution in [0.15, 0.2) is 97.1 Å². The zero-order valence-corrected chi connectivity index (χ0v) is 22.8. The molecule has 5 rings (SSSR count). The van der Waals surface area contributed by atoms with Crippen LogP contribution in [-0.4, -0.2) is 41.6 Å². The van der Waals surface area contributed by atoms with Gasteiger partial charge in [-0.2, -0.15) is 0 Å². The monoisotopic (exact) mass is 523 g/mol. The highest BCUT2D eigenvalue weighted by Crippen LogP contribution is 2.33. The minimum absolute atomic E-state index is 0.165. The number of nitrogens with zero attached hydrogens (tertiary/aromatic N) is 1. The van der Waals surface area contributed by atoms with Crippen molar-refractivity contribution in [2.24, 2.45) is 5.92 Å². The molecular formula is C33H37N3O3. The van der Waals surface area contributed by atoms with Gasteiger partial charge in [-0.05, 0) is 59.0 Å². The number of urea groups is 1. The van der Waals surface area contributed by atoms with E-state index in [0.717, 1.165) is 6.54 Å². The molecule has 1 aliphatic heterocycles. The predicted octanol–water partition coefficient (Wildman–Crippen LogP) is 7.16. The van der Waals surface area contributed by atoms with Crippen molar-refractivity contribution in [1.82, 2.24) is 10.2 Å². The summed E-state index contributed by atoms with van der Waals surface area (Å²) < 4.78 is 0. The Bertz CT molecular complexity index is 1380. The molecule has 39 heavy (non-hydrogen) atoms. The third kappa shape index (κ3) is 6.65. The number of carbonyl (C=O) groups excluding carboxylic acids is 1. The summed E-state index contributed by atoms with van der Waals surface area (Å²) in [6, 6.07) is 31.5. The second-order valence-corrected chi connectivity index (χ2v) is 9.69. The summed E-state index contributed by atoms with van der Waals surface area (Å²) in [6.45, 7) is 8.23. The molecule has 0 bridgehead atoms. The Balaban J connectivity index is 0.00000172. The Morgan fingerprint density at radius 2 is 1.54 bits per heavy atom. The SMILES string of the molecule is CC.C[C@@H](NC[C@H]1CN(C(=O)Nc2ccc(C(=O)O)cc2)C[C@@H]1c1ccccc1)c1cccc2ccccc12. The third-order valence-corrected chi connectivity index (χ3v) is 7.32. The number of hydrogen-bond donors (Lipinski definition) is 3. The predicted molar refractivity (Wildman–Crippen MR) is 158 cm³/mol. The van der Waals surface area contributed by atoms with Gasteiger partial charge in [0.25, 0.3) is 0 Å². The molecule has 1 fully saturated rings. The van der Waals surface area contributed by atoms with Gasteiger partial charge in [0.15, 0.2) is 0 Å². The average Bonchev–Trinajstić information content (AvgIpc) is 3.42. The normalized spacial score (nSPS) is 17.3. The number of hydrogen-bond acceptors (Lipinski definition) is 3. The van der Waals surface area contributed by atoms with E-state index in [9.17, 15) is 9.59 Å². The van der Waals surface area contributed by atoms with Crippen LogP contribution in [0, 0.1) is 5.92 Å². The Kier molecular flexibility index (Phi) is 9.34. The van der Waals surface area contributed by atoms with E-state index >= 15 is 0 Å². The maximum Gasteiger partial charge on any atom is 0.335 e. The van der Waals surface area contributed by atoms with Crippen molar-refractivity contribution in [2.75, 3.05) is 25.0 Å². The molecule has 4 aromatic carbocycles. The topological polar surface area (TPSA) is 81.7 Å². The molecule has 0 spiro atoms. The van der Waals surface area contributed by atoms with E-state index < -0.39 is 5.97 Å². The average molecular weight is 524 g/mol. The number of carboxylic acids is 1. The molecule has 0 aliphatic carbocycles. The maximum atomic E-state index is 13.1. The highest BCUT2D eigenvalue weighted by atomic mass is 16.4. The summed E-state index contributed by atoms with van der Waals surface area (Å²) in [5.74, 6) is -0.523.